The molecule has 1 aromatic heterocycles. The zero-order valence-electron chi connectivity index (χ0n) is 10.9. The highest BCUT2D eigenvalue weighted by molar-refractivity contribution is 6.10. The van der Waals surface area contributed by atoms with Gasteiger partial charge >= 0.3 is 0 Å². The van der Waals surface area contributed by atoms with E-state index in [9.17, 15) is 0 Å². The van der Waals surface area contributed by atoms with Crippen molar-refractivity contribution in [3.05, 3.63) is 48.5 Å². The quantitative estimate of drug-likeness (QED) is 0.660. The molecule has 0 aliphatic carbocycles. The van der Waals surface area contributed by atoms with Crippen molar-refractivity contribution < 1.29 is 4.74 Å². The van der Waals surface area contributed by atoms with E-state index < -0.39 is 0 Å². The number of ether oxygens (including phenoxy) is 1. The van der Waals surface area contributed by atoms with Crippen LogP contribution in [0.15, 0.2) is 48.0 Å². The Balaban J connectivity index is 1.92. The average Bonchev–Trinajstić information content (AvgIpc) is 2.56. The van der Waals surface area contributed by atoms with E-state index in [1.165, 1.54) is 0 Å². The SMILES string of the molecule is N#CC(C#N)=NNc1ccc(OCc2cnccn2)cc1. The first-order valence-electron chi connectivity index (χ1n) is 5.93. The zero-order valence-corrected chi connectivity index (χ0v) is 10.9. The maximum Gasteiger partial charge on any atom is 0.237 e. The number of rotatable bonds is 5. The molecule has 7 nitrogen and oxygen atoms in total. The largest absolute Gasteiger partial charge is 0.487 e. The molecule has 2 aromatic rings. The van der Waals surface area contributed by atoms with E-state index in [4.69, 9.17) is 15.3 Å². The predicted octanol–water partition coefficient (Wildman–Crippen LogP) is 1.87. The van der Waals surface area contributed by atoms with Gasteiger partial charge in [-0.3, -0.25) is 15.4 Å². The molecule has 0 unspecified atom stereocenters. The topological polar surface area (TPSA) is 107 Å². The van der Waals surface area contributed by atoms with Gasteiger partial charge in [0.2, 0.25) is 5.71 Å². The lowest BCUT2D eigenvalue weighted by atomic mass is 10.3. The molecule has 21 heavy (non-hydrogen) atoms. The maximum absolute atomic E-state index is 8.55. The van der Waals surface area contributed by atoms with Crippen LogP contribution in [-0.4, -0.2) is 15.7 Å². The number of anilines is 1. The second kappa shape index (κ2) is 7.22. The molecule has 1 heterocycles. The first-order valence-corrected chi connectivity index (χ1v) is 5.93. The monoisotopic (exact) mass is 278 g/mol. The van der Waals surface area contributed by atoms with Gasteiger partial charge in [-0.25, -0.2) is 0 Å². The van der Waals surface area contributed by atoms with E-state index in [1.807, 2.05) is 0 Å². The van der Waals surface area contributed by atoms with Crippen LogP contribution in [-0.2, 0) is 6.61 Å². The normalized spacial score (nSPS) is 9.05. The molecule has 2 rings (SSSR count). The van der Waals surface area contributed by atoms with Gasteiger partial charge in [-0.15, -0.1) is 0 Å². The number of nitrogens with zero attached hydrogens (tertiary/aromatic N) is 5. The van der Waals surface area contributed by atoms with E-state index in [-0.39, 0.29) is 5.71 Å². The number of nitriles is 2. The van der Waals surface area contributed by atoms with Crippen LogP contribution < -0.4 is 10.2 Å². The van der Waals surface area contributed by atoms with Crippen molar-refractivity contribution in [1.29, 1.82) is 10.5 Å². The van der Waals surface area contributed by atoms with Gasteiger partial charge < -0.3 is 4.74 Å². The molecule has 0 aliphatic heterocycles. The summed E-state index contributed by atoms with van der Waals surface area (Å²) in [7, 11) is 0. The fraction of sp³-hybridized carbons (Fsp3) is 0.0714. The summed E-state index contributed by atoms with van der Waals surface area (Å²) in [6.07, 6.45) is 4.84. The molecule has 0 saturated carbocycles. The fourth-order valence-corrected chi connectivity index (χ4v) is 1.38. The Kier molecular flexibility index (Phi) is 4.80. The highest BCUT2D eigenvalue weighted by Gasteiger charge is 1.98. The minimum atomic E-state index is -0.238. The Labute approximate surface area is 121 Å². The first-order chi connectivity index (χ1) is 10.3. The summed E-state index contributed by atoms with van der Waals surface area (Å²) in [6, 6.07) is 10.3. The second-order valence-electron chi connectivity index (χ2n) is 3.81. The molecule has 1 aromatic carbocycles. The molecule has 102 valence electrons. The molecule has 0 radical (unpaired) electrons. The summed E-state index contributed by atoms with van der Waals surface area (Å²) in [5.74, 6) is 0.663. The van der Waals surface area contributed by atoms with E-state index in [0.29, 0.717) is 18.0 Å². The standard InChI is InChI=1S/C14H10N6O/c15-7-12(8-16)20-19-11-1-3-14(4-2-11)21-10-13-9-17-5-6-18-13/h1-6,9,19H,10H2. The zero-order chi connectivity index (χ0) is 14.9. The molecule has 0 saturated heterocycles. The fourth-order valence-electron chi connectivity index (χ4n) is 1.38. The van der Waals surface area contributed by atoms with Gasteiger partial charge in [-0.1, -0.05) is 0 Å². The summed E-state index contributed by atoms with van der Waals surface area (Å²) < 4.78 is 5.54. The van der Waals surface area contributed by atoms with Crippen molar-refractivity contribution in [2.75, 3.05) is 5.43 Å². The number of nitrogens with one attached hydrogen (secondary N) is 1. The van der Waals surface area contributed by atoms with Crippen LogP contribution in [0.25, 0.3) is 0 Å². The van der Waals surface area contributed by atoms with Gasteiger partial charge in [-0.05, 0) is 24.3 Å². The highest BCUT2D eigenvalue weighted by atomic mass is 16.5. The molecule has 7 heteroatoms. The third kappa shape index (κ3) is 4.30. The molecule has 0 spiro atoms. The molecule has 0 amide bonds. The number of hydrogen-bond acceptors (Lipinski definition) is 7. The number of hydrogen-bond donors (Lipinski definition) is 1. The molecular formula is C14H10N6O. The van der Waals surface area contributed by atoms with Gasteiger partial charge in [0.05, 0.1) is 17.6 Å². The van der Waals surface area contributed by atoms with Crippen LogP contribution in [0, 0.1) is 22.7 Å². The molecular weight excluding hydrogens is 268 g/mol. The molecule has 0 fully saturated rings. The lowest BCUT2D eigenvalue weighted by molar-refractivity contribution is 0.301. The summed E-state index contributed by atoms with van der Waals surface area (Å²) in [5, 5.41) is 20.7. The van der Waals surface area contributed by atoms with Crippen LogP contribution >= 0.6 is 0 Å². The predicted molar refractivity (Wildman–Crippen MR) is 75.1 cm³/mol. The van der Waals surface area contributed by atoms with Crippen molar-refractivity contribution in [3.8, 4) is 17.9 Å². The summed E-state index contributed by atoms with van der Waals surface area (Å²) in [6.45, 7) is 0.325. The van der Waals surface area contributed by atoms with Crippen molar-refractivity contribution in [1.82, 2.24) is 9.97 Å². The Morgan fingerprint density at radius 2 is 1.95 bits per heavy atom. The van der Waals surface area contributed by atoms with E-state index >= 15 is 0 Å². The van der Waals surface area contributed by atoms with Crippen LogP contribution in [0.3, 0.4) is 0 Å². The first kappa shape index (κ1) is 14.0. The van der Waals surface area contributed by atoms with Crippen LogP contribution in [0.1, 0.15) is 5.69 Å². The molecule has 0 bridgehead atoms. The summed E-state index contributed by atoms with van der Waals surface area (Å²) in [5.41, 5.74) is 3.75. The molecule has 0 aliphatic rings. The van der Waals surface area contributed by atoms with Crippen LogP contribution in [0.5, 0.6) is 5.75 Å². The third-order valence-corrected chi connectivity index (χ3v) is 2.37. The molecule has 1 N–H and O–H groups in total. The summed E-state index contributed by atoms with van der Waals surface area (Å²) in [4.78, 5) is 8.05. The lowest BCUT2D eigenvalue weighted by Crippen LogP contribution is -1.99. The van der Waals surface area contributed by atoms with Gasteiger partial charge in [0.25, 0.3) is 0 Å². The smallest absolute Gasteiger partial charge is 0.237 e. The number of benzene rings is 1. The average molecular weight is 278 g/mol. The van der Waals surface area contributed by atoms with Gasteiger partial charge in [0.15, 0.2) is 0 Å². The van der Waals surface area contributed by atoms with Crippen molar-refractivity contribution in [3.63, 3.8) is 0 Å². The van der Waals surface area contributed by atoms with Gasteiger partial charge in [-0.2, -0.15) is 15.6 Å². The third-order valence-electron chi connectivity index (χ3n) is 2.37. The van der Waals surface area contributed by atoms with Crippen molar-refractivity contribution in [2.24, 2.45) is 5.10 Å². The maximum atomic E-state index is 8.55. The Morgan fingerprint density at radius 3 is 2.57 bits per heavy atom. The Bertz CT molecular complexity index is 681. The van der Waals surface area contributed by atoms with Crippen molar-refractivity contribution >= 4 is 11.4 Å². The molecule has 0 atom stereocenters. The lowest BCUT2D eigenvalue weighted by Gasteiger charge is -2.06. The van der Waals surface area contributed by atoms with Gasteiger partial charge in [0, 0.05) is 12.4 Å². The number of aromatic nitrogens is 2. The van der Waals surface area contributed by atoms with E-state index in [2.05, 4.69) is 20.5 Å². The minimum Gasteiger partial charge on any atom is -0.487 e. The Hall–Kier alpha value is -3.45. The van der Waals surface area contributed by atoms with E-state index in [0.717, 1.165) is 5.69 Å². The van der Waals surface area contributed by atoms with Crippen molar-refractivity contribution in [2.45, 2.75) is 6.61 Å². The van der Waals surface area contributed by atoms with Gasteiger partial charge in [0.1, 0.15) is 24.5 Å². The second-order valence-corrected chi connectivity index (χ2v) is 3.81. The highest BCUT2D eigenvalue weighted by Crippen LogP contribution is 2.16. The van der Waals surface area contributed by atoms with Crippen LogP contribution in [0.4, 0.5) is 5.69 Å². The minimum absolute atomic E-state index is 0.238. The van der Waals surface area contributed by atoms with E-state index in [1.54, 1.807) is 55.0 Å². The Morgan fingerprint density at radius 1 is 1.19 bits per heavy atom. The number of hydrazone groups is 1. The van der Waals surface area contributed by atoms with Crippen LogP contribution in [0.2, 0.25) is 0 Å². The summed E-state index contributed by atoms with van der Waals surface area (Å²) >= 11 is 0.